The van der Waals surface area contributed by atoms with Crippen molar-refractivity contribution in [1.29, 1.82) is 0 Å². The van der Waals surface area contributed by atoms with Gasteiger partial charge in [-0.1, -0.05) is 42.1 Å². The van der Waals surface area contributed by atoms with Crippen LogP contribution in [0.2, 0.25) is 0 Å². The number of hydrogen-bond acceptors (Lipinski definition) is 6. The van der Waals surface area contributed by atoms with Crippen molar-refractivity contribution in [2.24, 2.45) is 0 Å². The highest BCUT2D eigenvalue weighted by atomic mass is 32.2. The lowest BCUT2D eigenvalue weighted by Crippen LogP contribution is -2.27. The summed E-state index contributed by atoms with van der Waals surface area (Å²) in [7, 11) is 5.15. The zero-order valence-corrected chi connectivity index (χ0v) is 18.9. The molecule has 0 fully saturated rings. The summed E-state index contributed by atoms with van der Waals surface area (Å²) in [5.41, 5.74) is 2.66. The van der Waals surface area contributed by atoms with Gasteiger partial charge >= 0.3 is 0 Å². The predicted molar refractivity (Wildman–Crippen MR) is 125 cm³/mol. The molecule has 0 spiro atoms. The maximum Gasteiger partial charge on any atom is 0.240 e. The summed E-state index contributed by atoms with van der Waals surface area (Å²) in [5, 5.41) is 9.09. The first kappa shape index (κ1) is 21.6. The largest absolute Gasteiger partial charge is 0.497 e. The minimum atomic E-state index is -0.460. The van der Waals surface area contributed by atoms with E-state index in [1.807, 2.05) is 71.3 Å². The third-order valence-corrected chi connectivity index (χ3v) is 6.08. The van der Waals surface area contributed by atoms with Gasteiger partial charge < -0.3 is 9.64 Å². The molecule has 1 atom stereocenters. The highest BCUT2D eigenvalue weighted by Gasteiger charge is 2.27. The number of hydrogen-bond donors (Lipinski definition) is 0. The van der Waals surface area contributed by atoms with Crippen LogP contribution in [0.1, 0.15) is 10.8 Å². The number of ether oxygens (including phenoxy) is 1. The fourth-order valence-corrected chi connectivity index (χ4v) is 4.43. The second-order valence-electron chi connectivity index (χ2n) is 7.22. The molecule has 162 valence electrons. The molecule has 2 aromatic carbocycles. The van der Waals surface area contributed by atoms with Gasteiger partial charge in [0.05, 0.1) is 7.11 Å². The third kappa shape index (κ3) is 4.50. The number of pyridine rings is 1. The maximum absolute atomic E-state index is 13.1. The van der Waals surface area contributed by atoms with Crippen LogP contribution in [0.4, 0.5) is 0 Å². The van der Waals surface area contributed by atoms with Gasteiger partial charge in [0.1, 0.15) is 11.0 Å². The maximum atomic E-state index is 13.1. The van der Waals surface area contributed by atoms with E-state index in [1.165, 1.54) is 11.8 Å². The molecule has 0 radical (unpaired) electrons. The Morgan fingerprint density at radius 1 is 0.969 bits per heavy atom. The second kappa shape index (κ2) is 9.65. The molecule has 4 aromatic rings. The smallest absolute Gasteiger partial charge is 0.240 e. The van der Waals surface area contributed by atoms with Gasteiger partial charge in [-0.25, -0.2) is 0 Å². The molecule has 0 aliphatic heterocycles. The van der Waals surface area contributed by atoms with Gasteiger partial charge in [0.15, 0.2) is 11.0 Å². The summed E-state index contributed by atoms with van der Waals surface area (Å²) < 4.78 is 7.26. The van der Waals surface area contributed by atoms with Crippen molar-refractivity contribution in [3.05, 3.63) is 84.7 Å². The topological polar surface area (TPSA) is 73.1 Å². The Labute approximate surface area is 191 Å². The molecule has 0 aliphatic carbocycles. The van der Waals surface area contributed by atoms with E-state index in [2.05, 4.69) is 15.2 Å². The van der Waals surface area contributed by atoms with Crippen LogP contribution >= 0.6 is 11.8 Å². The lowest BCUT2D eigenvalue weighted by molar-refractivity contribution is -0.128. The van der Waals surface area contributed by atoms with Crippen LogP contribution in [-0.2, 0) is 4.79 Å². The zero-order valence-electron chi connectivity index (χ0n) is 18.0. The standard InChI is InChI=1S/C24H23N5O2S/c1-28(2)23(30)21(17-7-5-4-6-8-17)32-24-27-26-22(18-13-15-25-16-14-18)29(24)19-9-11-20(31-3)12-10-19/h4-16,21H,1-3H3/t21-/m1/s1. The van der Waals surface area contributed by atoms with Crippen LogP contribution < -0.4 is 4.74 Å². The summed E-state index contributed by atoms with van der Waals surface area (Å²) in [5.74, 6) is 1.41. The van der Waals surface area contributed by atoms with Crippen LogP contribution in [-0.4, -0.2) is 51.8 Å². The average Bonchev–Trinajstić information content (AvgIpc) is 3.26. The van der Waals surface area contributed by atoms with Gasteiger partial charge in [-0.3, -0.25) is 14.3 Å². The number of aromatic nitrogens is 4. The molecule has 8 heteroatoms. The molecular formula is C24H23N5O2S. The van der Waals surface area contributed by atoms with E-state index in [1.54, 1.807) is 38.5 Å². The van der Waals surface area contributed by atoms with E-state index in [4.69, 9.17) is 4.74 Å². The molecule has 1 amide bonds. The number of carbonyl (C=O) groups is 1. The summed E-state index contributed by atoms with van der Waals surface area (Å²) >= 11 is 1.38. The van der Waals surface area contributed by atoms with Crippen molar-refractivity contribution in [3.63, 3.8) is 0 Å². The summed E-state index contributed by atoms with van der Waals surface area (Å²) in [4.78, 5) is 18.8. The van der Waals surface area contributed by atoms with E-state index in [-0.39, 0.29) is 5.91 Å². The van der Waals surface area contributed by atoms with Crippen molar-refractivity contribution in [3.8, 4) is 22.8 Å². The number of thioether (sulfide) groups is 1. The normalized spacial score (nSPS) is 11.7. The van der Waals surface area contributed by atoms with E-state index in [0.717, 1.165) is 22.6 Å². The number of rotatable bonds is 7. The van der Waals surface area contributed by atoms with Crippen LogP contribution in [0.3, 0.4) is 0 Å². The first-order valence-electron chi connectivity index (χ1n) is 10.0. The van der Waals surface area contributed by atoms with Gasteiger partial charge in [-0.2, -0.15) is 0 Å². The second-order valence-corrected chi connectivity index (χ2v) is 8.29. The molecule has 32 heavy (non-hydrogen) atoms. The summed E-state index contributed by atoms with van der Waals surface area (Å²) in [6, 6.07) is 21.2. The van der Waals surface area contributed by atoms with Crippen LogP contribution in [0, 0.1) is 0 Å². The number of methoxy groups -OCH3 is 1. The Balaban J connectivity index is 1.82. The molecule has 0 N–H and O–H groups in total. The zero-order chi connectivity index (χ0) is 22.5. The molecule has 0 unspecified atom stereocenters. The number of nitrogens with zero attached hydrogens (tertiary/aromatic N) is 5. The van der Waals surface area contributed by atoms with Crippen molar-refractivity contribution < 1.29 is 9.53 Å². The lowest BCUT2D eigenvalue weighted by Gasteiger charge is -2.20. The van der Waals surface area contributed by atoms with E-state index in [0.29, 0.717) is 11.0 Å². The van der Waals surface area contributed by atoms with Gasteiger partial charge in [0, 0.05) is 37.7 Å². The number of carbonyl (C=O) groups excluding carboxylic acids is 1. The fourth-order valence-electron chi connectivity index (χ4n) is 3.23. The van der Waals surface area contributed by atoms with Gasteiger partial charge in [0.25, 0.3) is 0 Å². The first-order chi connectivity index (χ1) is 15.6. The van der Waals surface area contributed by atoms with Gasteiger partial charge in [0.2, 0.25) is 5.91 Å². The Morgan fingerprint density at radius 3 is 2.28 bits per heavy atom. The Bertz CT molecular complexity index is 1180. The summed E-state index contributed by atoms with van der Waals surface area (Å²) in [6.07, 6.45) is 3.44. The fraction of sp³-hybridized carbons (Fsp3) is 0.167. The molecule has 7 nitrogen and oxygen atoms in total. The van der Waals surface area contributed by atoms with Crippen molar-refractivity contribution in [2.75, 3.05) is 21.2 Å². The quantitative estimate of drug-likeness (QED) is 0.396. The molecule has 0 bridgehead atoms. The highest BCUT2D eigenvalue weighted by molar-refractivity contribution is 8.00. The van der Waals surface area contributed by atoms with Crippen molar-refractivity contribution in [2.45, 2.75) is 10.4 Å². The molecule has 2 aromatic heterocycles. The average molecular weight is 446 g/mol. The number of benzene rings is 2. The van der Waals surface area contributed by atoms with Crippen LogP contribution in [0.15, 0.2) is 84.3 Å². The van der Waals surface area contributed by atoms with E-state index < -0.39 is 5.25 Å². The SMILES string of the molecule is COc1ccc(-n2c(S[C@@H](C(=O)N(C)C)c3ccccc3)nnc2-c2ccncc2)cc1. The molecule has 0 saturated heterocycles. The summed E-state index contributed by atoms with van der Waals surface area (Å²) in [6.45, 7) is 0. The molecule has 0 saturated carbocycles. The number of likely N-dealkylation sites (N-methyl/N-ethyl adjacent to an activating group) is 1. The van der Waals surface area contributed by atoms with Crippen LogP contribution in [0.25, 0.3) is 17.1 Å². The predicted octanol–water partition coefficient (Wildman–Crippen LogP) is 4.26. The number of amides is 1. The monoisotopic (exact) mass is 445 g/mol. The van der Waals surface area contributed by atoms with E-state index in [9.17, 15) is 4.79 Å². The third-order valence-electron chi connectivity index (χ3n) is 4.89. The van der Waals surface area contributed by atoms with Gasteiger partial charge in [-0.05, 0) is 42.0 Å². The van der Waals surface area contributed by atoms with Crippen molar-refractivity contribution >= 4 is 17.7 Å². The minimum absolute atomic E-state index is 0.0176. The molecule has 2 heterocycles. The van der Waals surface area contributed by atoms with Crippen molar-refractivity contribution in [1.82, 2.24) is 24.6 Å². The van der Waals surface area contributed by atoms with E-state index >= 15 is 0 Å². The van der Waals surface area contributed by atoms with Gasteiger partial charge in [-0.15, -0.1) is 10.2 Å². The molecule has 0 aliphatic rings. The van der Waals surface area contributed by atoms with Crippen LogP contribution in [0.5, 0.6) is 5.75 Å². The Hall–Kier alpha value is -3.65. The molecular weight excluding hydrogens is 422 g/mol. The lowest BCUT2D eigenvalue weighted by atomic mass is 10.1. The minimum Gasteiger partial charge on any atom is -0.497 e. The first-order valence-corrected chi connectivity index (χ1v) is 10.9. The molecule has 4 rings (SSSR count). The Morgan fingerprint density at radius 2 is 1.66 bits per heavy atom. The Kier molecular flexibility index (Phi) is 6.51. The highest BCUT2D eigenvalue weighted by Crippen LogP contribution is 2.38.